The van der Waals surface area contributed by atoms with E-state index in [9.17, 15) is 13.2 Å². The van der Waals surface area contributed by atoms with Gasteiger partial charge in [-0.15, -0.1) is 0 Å². The summed E-state index contributed by atoms with van der Waals surface area (Å²) >= 11 is 3.10. The first-order chi connectivity index (χ1) is 8.61. The molecule has 1 aliphatic rings. The quantitative estimate of drug-likeness (QED) is 0.837. The molecule has 1 aromatic carbocycles. The first kappa shape index (κ1) is 14.8. The summed E-state index contributed by atoms with van der Waals surface area (Å²) in [5.74, 6) is -0.287. The number of hydrogen-bond donors (Lipinski definition) is 1. The predicted molar refractivity (Wildman–Crippen MR) is 76.8 cm³/mol. The minimum atomic E-state index is -3.88. The summed E-state index contributed by atoms with van der Waals surface area (Å²) in [7, 11) is 1.43. The van der Waals surface area contributed by atoms with Crippen LogP contribution in [0.4, 0.5) is 0 Å². The van der Waals surface area contributed by atoms with Gasteiger partial charge in [0.2, 0.25) is 0 Å². The van der Waals surface area contributed by atoms with E-state index in [1.165, 1.54) is 12.1 Å². The Bertz CT molecular complexity index is 642. The third-order valence-electron chi connectivity index (χ3n) is 3.27. The lowest BCUT2D eigenvalue weighted by Crippen LogP contribution is -2.28. The molecule has 1 aromatic rings. The summed E-state index contributed by atoms with van der Waals surface area (Å²) in [6.07, 6.45) is 0.927. The van der Waals surface area contributed by atoms with Gasteiger partial charge in [-0.3, -0.25) is 4.79 Å². The van der Waals surface area contributed by atoms with Crippen LogP contribution in [0.1, 0.15) is 30.6 Å². The van der Waals surface area contributed by atoms with Crippen LogP contribution in [0.3, 0.4) is 0 Å². The summed E-state index contributed by atoms with van der Waals surface area (Å²) in [5, 5.41) is 2.87. The van der Waals surface area contributed by atoms with Crippen LogP contribution in [-0.2, 0) is 9.05 Å². The molecule has 19 heavy (non-hydrogen) atoms. The van der Waals surface area contributed by atoms with Gasteiger partial charge in [0.05, 0.1) is 4.90 Å². The van der Waals surface area contributed by atoms with Crippen molar-refractivity contribution in [2.45, 2.75) is 31.2 Å². The van der Waals surface area contributed by atoms with E-state index >= 15 is 0 Å². The molecule has 0 aliphatic heterocycles. The van der Waals surface area contributed by atoms with Crippen molar-refractivity contribution in [3.8, 4) is 0 Å². The van der Waals surface area contributed by atoms with Crippen LogP contribution in [0.25, 0.3) is 0 Å². The average molecular weight is 367 g/mol. The van der Waals surface area contributed by atoms with Crippen molar-refractivity contribution >= 4 is 41.6 Å². The Balaban J connectivity index is 2.24. The van der Waals surface area contributed by atoms with Crippen molar-refractivity contribution in [1.82, 2.24) is 5.32 Å². The zero-order chi connectivity index (χ0) is 14.4. The van der Waals surface area contributed by atoms with Gasteiger partial charge in [-0.25, -0.2) is 8.42 Å². The summed E-state index contributed by atoms with van der Waals surface area (Å²) in [6, 6.07) is 4.47. The van der Waals surface area contributed by atoms with E-state index in [1.54, 1.807) is 6.07 Å². The highest BCUT2D eigenvalue weighted by molar-refractivity contribution is 9.10. The van der Waals surface area contributed by atoms with E-state index in [4.69, 9.17) is 10.7 Å². The Kier molecular flexibility index (Phi) is 3.70. The van der Waals surface area contributed by atoms with Crippen LogP contribution in [0.5, 0.6) is 0 Å². The Morgan fingerprint density at radius 3 is 2.53 bits per heavy atom. The van der Waals surface area contributed by atoms with Crippen LogP contribution in [0, 0.1) is 5.41 Å². The number of carbonyl (C=O) groups is 1. The van der Waals surface area contributed by atoms with Crippen LogP contribution >= 0.6 is 26.6 Å². The second kappa shape index (κ2) is 4.75. The predicted octanol–water partition coefficient (Wildman–Crippen LogP) is 2.90. The first-order valence-corrected chi connectivity index (χ1v) is 8.76. The summed E-state index contributed by atoms with van der Waals surface area (Å²) in [6.45, 7) is 4.13. The molecule has 104 valence electrons. The van der Waals surface area contributed by atoms with Crippen LogP contribution in [0.2, 0.25) is 0 Å². The molecule has 1 fully saturated rings. The van der Waals surface area contributed by atoms with Gasteiger partial charge in [0.1, 0.15) is 0 Å². The molecule has 1 aliphatic carbocycles. The number of halogens is 2. The summed E-state index contributed by atoms with van der Waals surface area (Å²) in [4.78, 5) is 11.9. The van der Waals surface area contributed by atoms with Gasteiger partial charge in [0, 0.05) is 26.8 Å². The molecule has 7 heteroatoms. The third-order valence-corrected chi connectivity index (χ3v) is 5.59. The van der Waals surface area contributed by atoms with Gasteiger partial charge in [-0.2, -0.15) is 0 Å². The van der Waals surface area contributed by atoms with E-state index in [0.717, 1.165) is 6.42 Å². The topological polar surface area (TPSA) is 63.2 Å². The Morgan fingerprint density at radius 2 is 2.05 bits per heavy atom. The smallest absolute Gasteiger partial charge is 0.262 e. The zero-order valence-electron chi connectivity index (χ0n) is 10.4. The molecule has 0 saturated heterocycles. The SMILES string of the molecule is CC1(C)CC1NC(=O)c1ccc(Br)c(S(=O)(=O)Cl)c1. The van der Waals surface area contributed by atoms with Gasteiger partial charge in [0.25, 0.3) is 15.0 Å². The molecule has 0 aromatic heterocycles. The van der Waals surface area contributed by atoms with Crippen LogP contribution in [0.15, 0.2) is 27.6 Å². The molecule has 1 N–H and O–H groups in total. The molecule has 0 bridgehead atoms. The average Bonchev–Trinajstić information content (AvgIpc) is 2.84. The molecule has 1 amide bonds. The maximum atomic E-state index is 12.0. The second-order valence-electron chi connectivity index (χ2n) is 5.30. The van der Waals surface area contributed by atoms with Crippen molar-refractivity contribution in [2.24, 2.45) is 5.41 Å². The summed E-state index contributed by atoms with van der Waals surface area (Å²) < 4.78 is 23.1. The molecular formula is C12H13BrClNO3S. The number of rotatable bonds is 3. The van der Waals surface area contributed by atoms with Crippen molar-refractivity contribution < 1.29 is 13.2 Å². The highest BCUT2D eigenvalue weighted by Gasteiger charge is 2.46. The fourth-order valence-corrected chi connectivity index (χ4v) is 3.90. The van der Waals surface area contributed by atoms with Crippen LogP contribution < -0.4 is 5.32 Å². The van der Waals surface area contributed by atoms with Gasteiger partial charge in [0.15, 0.2) is 0 Å². The third kappa shape index (κ3) is 3.30. The minimum absolute atomic E-state index is 0.100. The number of carbonyl (C=O) groups excluding carboxylic acids is 1. The normalized spacial score (nSPS) is 20.9. The molecule has 0 heterocycles. The van der Waals surface area contributed by atoms with Gasteiger partial charge >= 0.3 is 0 Å². The van der Waals surface area contributed by atoms with E-state index in [-0.39, 0.29) is 27.8 Å². The Morgan fingerprint density at radius 1 is 1.47 bits per heavy atom. The Hall–Kier alpha value is -0.590. The van der Waals surface area contributed by atoms with Crippen molar-refractivity contribution in [3.05, 3.63) is 28.2 Å². The van der Waals surface area contributed by atoms with Gasteiger partial charge in [-0.1, -0.05) is 13.8 Å². The van der Waals surface area contributed by atoms with E-state index < -0.39 is 9.05 Å². The Labute approximate surface area is 125 Å². The largest absolute Gasteiger partial charge is 0.349 e. The van der Waals surface area contributed by atoms with Crippen molar-refractivity contribution in [2.75, 3.05) is 0 Å². The number of hydrogen-bond acceptors (Lipinski definition) is 3. The van der Waals surface area contributed by atoms with Crippen molar-refractivity contribution in [1.29, 1.82) is 0 Å². The number of nitrogens with one attached hydrogen (secondary N) is 1. The number of amides is 1. The highest BCUT2D eigenvalue weighted by Crippen LogP contribution is 2.44. The van der Waals surface area contributed by atoms with Crippen LogP contribution in [-0.4, -0.2) is 20.4 Å². The fourth-order valence-electron chi connectivity index (χ4n) is 1.79. The monoisotopic (exact) mass is 365 g/mol. The lowest BCUT2D eigenvalue weighted by molar-refractivity contribution is 0.0946. The minimum Gasteiger partial charge on any atom is -0.349 e. The zero-order valence-corrected chi connectivity index (χ0v) is 13.6. The second-order valence-corrected chi connectivity index (χ2v) is 8.69. The molecular weight excluding hydrogens is 354 g/mol. The molecule has 1 saturated carbocycles. The molecule has 0 radical (unpaired) electrons. The number of benzene rings is 1. The first-order valence-electron chi connectivity index (χ1n) is 5.66. The molecule has 2 rings (SSSR count). The van der Waals surface area contributed by atoms with Gasteiger partial charge < -0.3 is 5.32 Å². The van der Waals surface area contributed by atoms with Gasteiger partial charge in [-0.05, 0) is 46.0 Å². The highest BCUT2D eigenvalue weighted by atomic mass is 79.9. The molecule has 0 spiro atoms. The van der Waals surface area contributed by atoms with Crippen molar-refractivity contribution in [3.63, 3.8) is 0 Å². The maximum Gasteiger partial charge on any atom is 0.262 e. The molecule has 1 atom stereocenters. The van der Waals surface area contributed by atoms with E-state index in [0.29, 0.717) is 4.47 Å². The lowest BCUT2D eigenvalue weighted by atomic mass is 10.1. The summed E-state index contributed by atoms with van der Waals surface area (Å²) in [5.41, 5.74) is 0.400. The maximum absolute atomic E-state index is 12.0. The van der Waals surface area contributed by atoms with E-state index in [1.807, 2.05) is 0 Å². The van der Waals surface area contributed by atoms with E-state index in [2.05, 4.69) is 35.1 Å². The standard InChI is InChI=1S/C12H13BrClNO3S/c1-12(2)6-10(12)15-11(16)7-3-4-8(13)9(5-7)19(14,17)18/h3-5,10H,6H2,1-2H3,(H,15,16). The fraction of sp³-hybridized carbons (Fsp3) is 0.417. The molecule has 4 nitrogen and oxygen atoms in total. The molecule has 1 unspecified atom stereocenters. The lowest BCUT2D eigenvalue weighted by Gasteiger charge is -2.08.